The van der Waals surface area contributed by atoms with E-state index in [4.69, 9.17) is 0 Å². The molecule has 0 heterocycles. The Bertz CT molecular complexity index is 810. The maximum atomic E-state index is 12.5. The fraction of sp³-hybridized carbons (Fsp3) is 0.222. The molecule has 0 bridgehead atoms. The Morgan fingerprint density at radius 1 is 1.07 bits per heavy atom. The molecule has 144 valence electrons. The summed E-state index contributed by atoms with van der Waals surface area (Å²) in [6.45, 7) is -0.318. The molecule has 3 N–H and O–H groups in total. The summed E-state index contributed by atoms with van der Waals surface area (Å²) in [6, 6.07) is 10.9. The minimum absolute atomic E-state index is 0.191. The van der Waals surface area contributed by atoms with Gasteiger partial charge in [-0.2, -0.15) is 13.2 Å². The van der Waals surface area contributed by atoms with Gasteiger partial charge in [0, 0.05) is 11.4 Å². The number of benzene rings is 2. The Labute approximate surface area is 158 Å². The minimum atomic E-state index is -4.47. The summed E-state index contributed by atoms with van der Waals surface area (Å²) < 4.78 is 37.6. The number of carbonyl (C=O) groups excluding carboxylic acids is 2. The van der Waals surface area contributed by atoms with E-state index in [-0.39, 0.29) is 12.1 Å². The fourth-order valence-electron chi connectivity index (χ4n) is 2.21. The predicted molar refractivity (Wildman–Crippen MR) is 96.3 cm³/mol. The van der Waals surface area contributed by atoms with Gasteiger partial charge in [0.15, 0.2) is 0 Å². The van der Waals surface area contributed by atoms with Gasteiger partial charge in [-0.1, -0.05) is 24.3 Å². The number of nitrogens with one attached hydrogen (secondary N) is 2. The van der Waals surface area contributed by atoms with Crippen LogP contribution < -0.4 is 10.6 Å². The SMILES string of the molecule is CSc1ccccc1NC(=O)C(=O)NCC(O)c1ccc(C(F)(F)F)cc1. The van der Waals surface area contributed by atoms with Crippen LogP contribution in [0.4, 0.5) is 18.9 Å². The van der Waals surface area contributed by atoms with Crippen molar-refractivity contribution in [2.75, 3.05) is 18.1 Å². The van der Waals surface area contributed by atoms with E-state index >= 15 is 0 Å². The van der Waals surface area contributed by atoms with E-state index in [0.29, 0.717) is 5.69 Å². The molecule has 2 amide bonds. The van der Waals surface area contributed by atoms with Gasteiger partial charge in [-0.3, -0.25) is 9.59 Å². The molecule has 2 aromatic carbocycles. The number of aliphatic hydroxyl groups excluding tert-OH is 1. The number of hydrogen-bond donors (Lipinski definition) is 3. The molecule has 2 aromatic rings. The molecular weight excluding hydrogens is 381 g/mol. The summed E-state index contributed by atoms with van der Waals surface area (Å²) in [5, 5.41) is 14.7. The predicted octanol–water partition coefficient (Wildman–Crippen LogP) is 3.22. The van der Waals surface area contributed by atoms with Crippen LogP contribution in [0.1, 0.15) is 17.2 Å². The number of carbonyl (C=O) groups is 2. The van der Waals surface area contributed by atoms with E-state index in [2.05, 4.69) is 10.6 Å². The minimum Gasteiger partial charge on any atom is -0.387 e. The number of halogens is 3. The molecule has 0 aromatic heterocycles. The lowest BCUT2D eigenvalue weighted by molar-refractivity contribution is -0.137. The monoisotopic (exact) mass is 398 g/mol. The Morgan fingerprint density at radius 2 is 1.70 bits per heavy atom. The summed E-state index contributed by atoms with van der Waals surface area (Å²) in [7, 11) is 0. The van der Waals surface area contributed by atoms with Gasteiger partial charge in [-0.05, 0) is 36.1 Å². The average Bonchev–Trinajstić information content (AvgIpc) is 2.65. The van der Waals surface area contributed by atoms with E-state index in [1.54, 1.807) is 24.3 Å². The molecule has 27 heavy (non-hydrogen) atoms. The van der Waals surface area contributed by atoms with Crippen molar-refractivity contribution < 1.29 is 27.9 Å². The molecule has 0 spiro atoms. The third-order valence-electron chi connectivity index (χ3n) is 3.64. The van der Waals surface area contributed by atoms with Crippen molar-refractivity contribution in [3.05, 3.63) is 59.7 Å². The Morgan fingerprint density at radius 3 is 2.30 bits per heavy atom. The van der Waals surface area contributed by atoms with Crippen LogP contribution in [-0.4, -0.2) is 29.7 Å². The fourth-order valence-corrected chi connectivity index (χ4v) is 2.76. The number of hydrogen-bond acceptors (Lipinski definition) is 4. The van der Waals surface area contributed by atoms with Gasteiger partial charge in [-0.15, -0.1) is 11.8 Å². The highest BCUT2D eigenvalue weighted by Crippen LogP contribution is 2.30. The van der Waals surface area contributed by atoms with Crippen molar-refractivity contribution in [2.45, 2.75) is 17.2 Å². The third kappa shape index (κ3) is 5.73. The van der Waals surface area contributed by atoms with Crippen molar-refractivity contribution in [3.63, 3.8) is 0 Å². The molecule has 1 unspecified atom stereocenters. The van der Waals surface area contributed by atoms with Crippen LogP contribution in [0.5, 0.6) is 0 Å². The normalized spacial score (nSPS) is 12.3. The van der Waals surface area contributed by atoms with Gasteiger partial charge < -0.3 is 15.7 Å². The molecule has 9 heteroatoms. The number of para-hydroxylation sites is 1. The molecule has 0 fully saturated rings. The Hall–Kier alpha value is -2.52. The van der Waals surface area contributed by atoms with Gasteiger partial charge >= 0.3 is 18.0 Å². The first-order valence-corrected chi connectivity index (χ1v) is 9.02. The number of aliphatic hydroxyl groups is 1. The maximum Gasteiger partial charge on any atom is 0.416 e. The van der Waals surface area contributed by atoms with Crippen LogP contribution in [0, 0.1) is 0 Å². The highest BCUT2D eigenvalue weighted by atomic mass is 32.2. The van der Waals surface area contributed by atoms with Gasteiger partial charge in [0.1, 0.15) is 0 Å². The number of rotatable bonds is 5. The molecule has 0 aliphatic carbocycles. The number of amides is 2. The van der Waals surface area contributed by atoms with Crippen molar-refractivity contribution in [1.29, 1.82) is 0 Å². The molecule has 0 saturated carbocycles. The summed E-state index contributed by atoms with van der Waals surface area (Å²) in [5.74, 6) is -1.87. The number of thioether (sulfide) groups is 1. The molecular formula is C18H17F3N2O3S. The zero-order chi connectivity index (χ0) is 20.0. The summed E-state index contributed by atoms with van der Waals surface area (Å²) in [5.41, 5.74) is -0.167. The molecule has 0 radical (unpaired) electrons. The highest BCUT2D eigenvalue weighted by Gasteiger charge is 2.30. The highest BCUT2D eigenvalue weighted by molar-refractivity contribution is 7.98. The van der Waals surface area contributed by atoms with E-state index in [1.165, 1.54) is 11.8 Å². The van der Waals surface area contributed by atoms with Crippen molar-refractivity contribution >= 4 is 29.3 Å². The molecule has 5 nitrogen and oxygen atoms in total. The second-order valence-electron chi connectivity index (χ2n) is 5.50. The summed E-state index contributed by atoms with van der Waals surface area (Å²) in [6.07, 6.45) is -3.89. The van der Waals surface area contributed by atoms with Gasteiger partial charge in [0.25, 0.3) is 0 Å². The topological polar surface area (TPSA) is 78.4 Å². The Kier molecular flexibility index (Phi) is 6.86. The second-order valence-corrected chi connectivity index (χ2v) is 6.35. The molecule has 2 rings (SSSR count). The van der Waals surface area contributed by atoms with Crippen molar-refractivity contribution in [1.82, 2.24) is 5.32 Å². The lowest BCUT2D eigenvalue weighted by Crippen LogP contribution is -2.37. The summed E-state index contributed by atoms with van der Waals surface area (Å²) >= 11 is 1.40. The third-order valence-corrected chi connectivity index (χ3v) is 4.44. The second kappa shape index (κ2) is 8.92. The van der Waals surface area contributed by atoms with Crippen molar-refractivity contribution in [3.8, 4) is 0 Å². The first-order chi connectivity index (χ1) is 12.7. The molecule has 1 atom stereocenters. The van der Waals surface area contributed by atoms with E-state index in [0.717, 1.165) is 29.2 Å². The van der Waals surface area contributed by atoms with E-state index in [9.17, 15) is 27.9 Å². The first-order valence-electron chi connectivity index (χ1n) is 7.79. The Balaban J connectivity index is 1.91. The summed E-state index contributed by atoms with van der Waals surface area (Å²) in [4.78, 5) is 24.6. The number of alkyl halides is 3. The van der Waals surface area contributed by atoms with Gasteiger partial charge in [0.2, 0.25) is 0 Å². The average molecular weight is 398 g/mol. The number of anilines is 1. The van der Waals surface area contributed by atoms with E-state index < -0.39 is 29.7 Å². The van der Waals surface area contributed by atoms with Gasteiger partial charge in [-0.25, -0.2) is 0 Å². The largest absolute Gasteiger partial charge is 0.416 e. The van der Waals surface area contributed by atoms with Crippen LogP contribution in [0.15, 0.2) is 53.4 Å². The molecule has 0 aliphatic heterocycles. The van der Waals surface area contributed by atoms with Crippen LogP contribution in [0.3, 0.4) is 0 Å². The van der Waals surface area contributed by atoms with Crippen molar-refractivity contribution in [2.24, 2.45) is 0 Å². The lowest BCUT2D eigenvalue weighted by Gasteiger charge is -2.14. The van der Waals surface area contributed by atoms with Gasteiger partial charge in [0.05, 0.1) is 17.4 Å². The van der Waals surface area contributed by atoms with Crippen LogP contribution in [0.25, 0.3) is 0 Å². The van der Waals surface area contributed by atoms with Crippen LogP contribution in [0.2, 0.25) is 0 Å². The zero-order valence-corrected chi connectivity index (χ0v) is 15.0. The maximum absolute atomic E-state index is 12.5. The zero-order valence-electron chi connectivity index (χ0n) is 14.2. The smallest absolute Gasteiger partial charge is 0.387 e. The first kappa shape index (κ1) is 20.8. The quantitative estimate of drug-likeness (QED) is 0.534. The van der Waals surface area contributed by atoms with Crippen LogP contribution >= 0.6 is 11.8 Å². The molecule has 0 aliphatic rings. The molecule has 0 saturated heterocycles. The standard InChI is InChI=1S/C18H17F3N2O3S/c1-27-15-5-3-2-4-13(15)23-17(26)16(25)22-10-14(24)11-6-8-12(9-7-11)18(19,20)21/h2-9,14,24H,10H2,1H3,(H,22,25)(H,23,26). The lowest BCUT2D eigenvalue weighted by atomic mass is 10.1. The van der Waals surface area contributed by atoms with E-state index in [1.807, 2.05) is 6.26 Å². The van der Waals surface area contributed by atoms with Crippen LogP contribution in [-0.2, 0) is 15.8 Å².